The molecule has 0 spiro atoms. The molecule has 0 unspecified atom stereocenters. The topological polar surface area (TPSA) is 27.7 Å². The maximum absolute atomic E-state index is 12.5. The maximum atomic E-state index is 12.5. The Balaban J connectivity index is 0.000000210. The average Bonchev–Trinajstić information content (AvgIpc) is 3.22. The largest absolute Gasteiger partial charge is 0.494 e. The highest BCUT2D eigenvalue weighted by Gasteiger charge is 2.42. The van der Waals surface area contributed by atoms with Gasteiger partial charge in [-0.25, -0.2) is 4.39 Å². The molecule has 0 bridgehead atoms. The number of hydrogen-bond donors (Lipinski definition) is 0. The minimum Gasteiger partial charge on any atom is -0.494 e. The summed E-state index contributed by atoms with van der Waals surface area (Å²) in [5.41, 5.74) is 1.22. The van der Waals surface area contributed by atoms with Gasteiger partial charge in [0.15, 0.2) is 17.7 Å². The zero-order valence-corrected chi connectivity index (χ0v) is 15.6. The molecule has 1 fully saturated rings. The summed E-state index contributed by atoms with van der Waals surface area (Å²) < 4.78 is 73.6. The monoisotopic (exact) mass is 406 g/mol. The normalized spacial score (nSPS) is 15.8. The lowest BCUT2D eigenvalue weighted by atomic mass is 10.2. The Morgan fingerprint density at radius 2 is 1.68 bits per heavy atom. The van der Waals surface area contributed by atoms with Gasteiger partial charge in [0.2, 0.25) is 5.82 Å². The van der Waals surface area contributed by atoms with E-state index in [-0.39, 0.29) is 18.8 Å². The molecule has 3 nitrogen and oxygen atoms in total. The molecule has 1 aliphatic heterocycles. The molecule has 1 heterocycles. The maximum Gasteiger partial charge on any atom is 0.414 e. The fourth-order valence-electron chi connectivity index (χ4n) is 2.22. The molecule has 3 rings (SSSR count). The Labute approximate surface area is 161 Å². The molecule has 2 aromatic rings. The second-order valence-corrected chi connectivity index (χ2v) is 5.72. The van der Waals surface area contributed by atoms with Crippen molar-refractivity contribution in [3.63, 3.8) is 0 Å². The summed E-state index contributed by atoms with van der Waals surface area (Å²) in [6.45, 7) is 0.963. The second-order valence-electron chi connectivity index (χ2n) is 5.72. The van der Waals surface area contributed by atoms with Crippen LogP contribution < -0.4 is 4.74 Å². The van der Waals surface area contributed by atoms with Crippen LogP contribution in [0.3, 0.4) is 0 Å². The summed E-state index contributed by atoms with van der Waals surface area (Å²) >= 11 is 0. The van der Waals surface area contributed by atoms with Crippen molar-refractivity contribution in [3.05, 3.63) is 65.7 Å². The van der Waals surface area contributed by atoms with Crippen LogP contribution in [0, 0.1) is 11.6 Å². The molecule has 0 N–H and O–H groups in total. The quantitative estimate of drug-likeness (QED) is 0.627. The van der Waals surface area contributed by atoms with E-state index in [2.05, 4.69) is 9.47 Å². The molecule has 8 heteroatoms. The summed E-state index contributed by atoms with van der Waals surface area (Å²) in [6, 6.07) is 13.9. The Bertz CT molecular complexity index is 671. The summed E-state index contributed by atoms with van der Waals surface area (Å²) in [6.07, 6.45) is -4.97. The van der Waals surface area contributed by atoms with Gasteiger partial charge >= 0.3 is 6.18 Å². The molecule has 1 saturated heterocycles. The van der Waals surface area contributed by atoms with E-state index in [0.29, 0.717) is 13.0 Å². The first-order valence-corrected chi connectivity index (χ1v) is 8.48. The van der Waals surface area contributed by atoms with Crippen molar-refractivity contribution in [2.45, 2.75) is 31.7 Å². The van der Waals surface area contributed by atoms with Gasteiger partial charge in [0, 0.05) is 13.7 Å². The minimum absolute atomic E-state index is 0.0694. The molecule has 156 valence electrons. The average molecular weight is 406 g/mol. The van der Waals surface area contributed by atoms with Crippen LogP contribution in [0.5, 0.6) is 5.75 Å². The van der Waals surface area contributed by atoms with Crippen LogP contribution in [-0.2, 0) is 16.1 Å². The van der Waals surface area contributed by atoms with Gasteiger partial charge in [-0.1, -0.05) is 36.4 Å². The highest BCUT2D eigenvalue weighted by molar-refractivity contribution is 5.24. The smallest absolute Gasteiger partial charge is 0.414 e. The third-order valence-electron chi connectivity index (χ3n) is 3.58. The molecular weight excluding hydrogens is 383 g/mol. The van der Waals surface area contributed by atoms with Gasteiger partial charge in [-0.2, -0.15) is 17.6 Å². The van der Waals surface area contributed by atoms with Crippen LogP contribution in [0.2, 0.25) is 0 Å². The van der Waals surface area contributed by atoms with Crippen LogP contribution in [0.1, 0.15) is 18.4 Å². The van der Waals surface area contributed by atoms with Gasteiger partial charge in [0.1, 0.15) is 0 Å². The van der Waals surface area contributed by atoms with Crippen LogP contribution in [0.25, 0.3) is 0 Å². The minimum atomic E-state index is -4.14. The van der Waals surface area contributed by atoms with E-state index < -0.39 is 23.9 Å². The molecule has 0 aliphatic carbocycles. The lowest BCUT2D eigenvalue weighted by Crippen LogP contribution is -2.27. The van der Waals surface area contributed by atoms with E-state index in [9.17, 15) is 22.0 Å². The van der Waals surface area contributed by atoms with E-state index in [4.69, 9.17) is 4.74 Å². The summed E-state index contributed by atoms with van der Waals surface area (Å²) in [5.74, 6) is -1.90. The zero-order valence-electron chi connectivity index (χ0n) is 15.6. The highest BCUT2D eigenvalue weighted by Crippen LogP contribution is 2.29. The van der Waals surface area contributed by atoms with Crippen molar-refractivity contribution in [1.29, 1.82) is 0 Å². The molecule has 0 aromatic heterocycles. The second kappa shape index (κ2) is 12.3. The van der Waals surface area contributed by atoms with Gasteiger partial charge in [-0.05, 0) is 30.5 Å². The number of methoxy groups -OCH3 is 2. The molecular formula is C20H23F5O3. The van der Waals surface area contributed by atoms with Crippen LogP contribution in [-0.4, -0.2) is 33.1 Å². The number of benzene rings is 2. The lowest BCUT2D eigenvalue weighted by molar-refractivity contribution is -0.206. The standard InChI is InChI=1S/C8H10O.C7H6F2O.C5H7F3O/c1-9-7-8-5-3-2-4-6-8;1-10-6-4-2-3-5(8)7(6)9;6-5(7,8)4-2-1-3-9-4/h2-6H,7H2,1H3;2-4H,1H3;4H,1-3H2/t;;4-/m..0/s1. The molecule has 1 atom stereocenters. The number of rotatable bonds is 3. The first-order valence-electron chi connectivity index (χ1n) is 8.48. The first-order chi connectivity index (χ1) is 13.3. The van der Waals surface area contributed by atoms with E-state index in [1.807, 2.05) is 30.3 Å². The van der Waals surface area contributed by atoms with E-state index in [1.54, 1.807) is 7.11 Å². The Hall–Kier alpha value is -2.19. The van der Waals surface area contributed by atoms with Gasteiger partial charge in [-0.15, -0.1) is 0 Å². The Kier molecular flexibility index (Phi) is 10.5. The number of alkyl halides is 3. The number of ether oxygens (including phenoxy) is 3. The van der Waals surface area contributed by atoms with Crippen LogP contribution in [0.4, 0.5) is 22.0 Å². The third kappa shape index (κ3) is 8.67. The third-order valence-corrected chi connectivity index (χ3v) is 3.58. The molecule has 0 radical (unpaired) electrons. The SMILES string of the molecule is COCc1ccccc1.COc1cccc(F)c1F.FC(F)(F)[C@@H]1CCCO1. The van der Waals surface area contributed by atoms with Crippen LogP contribution >= 0.6 is 0 Å². The summed E-state index contributed by atoms with van der Waals surface area (Å²) in [5, 5.41) is 0. The van der Waals surface area contributed by atoms with Crippen molar-refractivity contribution in [1.82, 2.24) is 0 Å². The van der Waals surface area contributed by atoms with Gasteiger partial charge in [0.05, 0.1) is 13.7 Å². The molecule has 0 amide bonds. The zero-order chi connectivity index (χ0) is 21.0. The highest BCUT2D eigenvalue weighted by atomic mass is 19.4. The lowest BCUT2D eigenvalue weighted by Gasteiger charge is -2.12. The van der Waals surface area contributed by atoms with Crippen molar-refractivity contribution in [3.8, 4) is 5.75 Å². The summed E-state index contributed by atoms with van der Waals surface area (Å²) in [4.78, 5) is 0. The Morgan fingerprint density at radius 1 is 1.00 bits per heavy atom. The van der Waals surface area contributed by atoms with Crippen molar-refractivity contribution >= 4 is 0 Å². The fourth-order valence-corrected chi connectivity index (χ4v) is 2.22. The number of hydrogen-bond acceptors (Lipinski definition) is 3. The fraction of sp³-hybridized carbons (Fsp3) is 0.400. The molecule has 1 aliphatic rings. The van der Waals surface area contributed by atoms with Crippen molar-refractivity contribution in [2.75, 3.05) is 20.8 Å². The van der Waals surface area contributed by atoms with Crippen LogP contribution in [0.15, 0.2) is 48.5 Å². The van der Waals surface area contributed by atoms with E-state index in [0.717, 1.165) is 6.07 Å². The van der Waals surface area contributed by atoms with Crippen molar-refractivity contribution in [2.24, 2.45) is 0 Å². The number of halogens is 5. The van der Waals surface area contributed by atoms with Gasteiger partial charge in [-0.3, -0.25) is 0 Å². The Morgan fingerprint density at radius 3 is 2.11 bits per heavy atom. The predicted octanol–water partition coefficient (Wildman–Crippen LogP) is 5.53. The van der Waals surface area contributed by atoms with Gasteiger partial charge in [0.25, 0.3) is 0 Å². The van der Waals surface area contributed by atoms with E-state index >= 15 is 0 Å². The molecule has 28 heavy (non-hydrogen) atoms. The van der Waals surface area contributed by atoms with E-state index in [1.165, 1.54) is 24.8 Å². The molecule has 2 aromatic carbocycles. The first kappa shape index (κ1) is 23.8. The molecule has 0 saturated carbocycles. The van der Waals surface area contributed by atoms with Gasteiger partial charge < -0.3 is 14.2 Å². The summed E-state index contributed by atoms with van der Waals surface area (Å²) in [7, 11) is 2.99. The predicted molar refractivity (Wildman–Crippen MR) is 95.1 cm³/mol. The van der Waals surface area contributed by atoms with Crippen molar-refractivity contribution < 1.29 is 36.2 Å².